The van der Waals surface area contributed by atoms with E-state index in [0.717, 1.165) is 11.3 Å². The molecule has 0 radical (unpaired) electrons. The summed E-state index contributed by atoms with van der Waals surface area (Å²) < 4.78 is 11.0. The zero-order valence-corrected chi connectivity index (χ0v) is 7.77. The average Bonchev–Trinajstić information content (AvgIpc) is 2.15. The molecule has 2 heterocycles. The third kappa shape index (κ3) is 1.06. The van der Waals surface area contributed by atoms with E-state index in [0.29, 0.717) is 19.6 Å². The van der Waals surface area contributed by atoms with Gasteiger partial charge in [0.05, 0.1) is 19.3 Å². The molecule has 2 aliphatic rings. The first-order chi connectivity index (χ1) is 6.79. The van der Waals surface area contributed by atoms with Gasteiger partial charge in [0.15, 0.2) is 5.60 Å². The lowest BCUT2D eigenvalue weighted by Gasteiger charge is -2.46. The fraction of sp³-hybridized carbons (Fsp3) is 0.455. The van der Waals surface area contributed by atoms with Crippen molar-refractivity contribution in [3.8, 4) is 5.75 Å². The van der Waals surface area contributed by atoms with Gasteiger partial charge in [-0.15, -0.1) is 0 Å². The Morgan fingerprint density at radius 2 is 2.07 bits per heavy atom. The molecule has 3 nitrogen and oxygen atoms in total. The van der Waals surface area contributed by atoms with Gasteiger partial charge in [-0.25, -0.2) is 0 Å². The van der Waals surface area contributed by atoms with E-state index in [9.17, 15) is 5.11 Å². The summed E-state index contributed by atoms with van der Waals surface area (Å²) in [6.07, 6.45) is 0.230. The first-order valence-electron chi connectivity index (χ1n) is 4.83. The summed E-state index contributed by atoms with van der Waals surface area (Å²) in [5, 5.41) is 9.93. The minimum Gasteiger partial charge on any atom is -0.482 e. The van der Waals surface area contributed by atoms with E-state index in [1.807, 2.05) is 24.3 Å². The predicted octanol–water partition coefficient (Wildman–Crippen LogP) is 1.27. The van der Waals surface area contributed by atoms with Gasteiger partial charge in [-0.3, -0.25) is 0 Å². The summed E-state index contributed by atoms with van der Waals surface area (Å²) >= 11 is 0. The quantitative estimate of drug-likeness (QED) is 0.672. The average molecular weight is 192 g/mol. The van der Waals surface area contributed by atoms with Gasteiger partial charge >= 0.3 is 0 Å². The van der Waals surface area contributed by atoms with E-state index in [1.165, 1.54) is 0 Å². The van der Waals surface area contributed by atoms with Crippen molar-refractivity contribution in [1.29, 1.82) is 0 Å². The Morgan fingerprint density at radius 3 is 2.79 bits per heavy atom. The predicted molar refractivity (Wildman–Crippen MR) is 50.2 cm³/mol. The highest BCUT2D eigenvalue weighted by Crippen LogP contribution is 2.42. The number of fused-ring (bicyclic) bond motifs is 1. The molecule has 1 saturated heterocycles. The molecule has 0 bridgehead atoms. The molecule has 1 atom stereocenters. The molecule has 14 heavy (non-hydrogen) atoms. The topological polar surface area (TPSA) is 38.7 Å². The number of hydrogen-bond donors (Lipinski definition) is 1. The van der Waals surface area contributed by atoms with Gasteiger partial charge in [0.1, 0.15) is 5.75 Å². The smallest absolute Gasteiger partial charge is 0.158 e. The second kappa shape index (κ2) is 2.72. The van der Waals surface area contributed by atoms with Crippen LogP contribution in [0.5, 0.6) is 5.75 Å². The van der Waals surface area contributed by atoms with Crippen molar-refractivity contribution in [2.24, 2.45) is 0 Å². The Labute approximate surface area is 82.3 Å². The molecule has 74 valence electrons. The normalized spacial score (nSPS) is 27.6. The van der Waals surface area contributed by atoms with Gasteiger partial charge in [0.25, 0.3) is 0 Å². The van der Waals surface area contributed by atoms with E-state index in [4.69, 9.17) is 9.47 Å². The van der Waals surface area contributed by atoms with Crippen molar-refractivity contribution < 1.29 is 14.6 Å². The minimum absolute atomic E-state index is 0.256. The first-order valence-corrected chi connectivity index (χ1v) is 4.83. The highest BCUT2D eigenvalue weighted by atomic mass is 16.6. The van der Waals surface area contributed by atoms with Crippen LogP contribution in [-0.4, -0.2) is 23.9 Å². The molecule has 0 aromatic heterocycles. The van der Waals surface area contributed by atoms with Gasteiger partial charge in [-0.2, -0.15) is 0 Å². The summed E-state index contributed by atoms with van der Waals surface area (Å²) in [4.78, 5) is 0. The fourth-order valence-electron chi connectivity index (χ4n) is 2.09. The lowest BCUT2D eigenvalue weighted by atomic mass is 9.87. The molecule has 1 aromatic rings. The number of hydrogen-bond acceptors (Lipinski definition) is 3. The van der Waals surface area contributed by atoms with Crippen LogP contribution in [0.1, 0.15) is 18.1 Å². The molecule has 1 spiro atoms. The number of rotatable bonds is 0. The second-order valence-electron chi connectivity index (χ2n) is 4.04. The third-order valence-corrected chi connectivity index (χ3v) is 2.90. The molecule has 0 aliphatic carbocycles. The van der Waals surface area contributed by atoms with E-state index < -0.39 is 6.10 Å². The number of benzene rings is 1. The van der Waals surface area contributed by atoms with Crippen LogP contribution in [0.4, 0.5) is 0 Å². The molecule has 1 fully saturated rings. The molecular weight excluding hydrogens is 180 g/mol. The van der Waals surface area contributed by atoms with E-state index in [2.05, 4.69) is 0 Å². The minimum atomic E-state index is -0.413. The van der Waals surface area contributed by atoms with E-state index in [-0.39, 0.29) is 5.60 Å². The Morgan fingerprint density at radius 1 is 1.29 bits per heavy atom. The molecule has 3 rings (SSSR count). The van der Waals surface area contributed by atoms with Gasteiger partial charge in [0.2, 0.25) is 0 Å². The van der Waals surface area contributed by atoms with Crippen molar-refractivity contribution in [1.82, 2.24) is 0 Å². The molecule has 1 unspecified atom stereocenters. The number of aliphatic hydroxyl groups is 1. The molecule has 2 aliphatic heterocycles. The van der Waals surface area contributed by atoms with Crippen molar-refractivity contribution >= 4 is 0 Å². The zero-order valence-electron chi connectivity index (χ0n) is 7.77. The molecule has 0 amide bonds. The molecule has 3 heteroatoms. The maximum Gasteiger partial charge on any atom is 0.158 e. The monoisotopic (exact) mass is 192 g/mol. The summed E-state index contributed by atoms with van der Waals surface area (Å²) in [7, 11) is 0. The molecule has 0 saturated carbocycles. The van der Waals surface area contributed by atoms with Crippen LogP contribution in [0.25, 0.3) is 0 Å². The van der Waals surface area contributed by atoms with Gasteiger partial charge in [0, 0.05) is 12.0 Å². The molecular formula is C11H12O3. The lowest BCUT2D eigenvalue weighted by molar-refractivity contribution is -0.185. The van der Waals surface area contributed by atoms with Crippen LogP contribution in [-0.2, 0) is 4.74 Å². The maximum atomic E-state index is 9.93. The zero-order chi connectivity index (χ0) is 9.60. The van der Waals surface area contributed by atoms with Crippen LogP contribution < -0.4 is 4.74 Å². The SMILES string of the molecule is OC1CC2(COC2)Oc2ccccc21. The van der Waals surface area contributed by atoms with Crippen LogP contribution in [0.3, 0.4) is 0 Å². The van der Waals surface area contributed by atoms with Crippen molar-refractivity contribution in [3.63, 3.8) is 0 Å². The van der Waals surface area contributed by atoms with Crippen LogP contribution in [0.15, 0.2) is 24.3 Å². The Hall–Kier alpha value is -1.06. The Balaban J connectivity index is 2.00. The Bertz CT molecular complexity index is 357. The summed E-state index contributed by atoms with van der Waals surface area (Å²) in [6.45, 7) is 1.19. The van der Waals surface area contributed by atoms with E-state index in [1.54, 1.807) is 0 Å². The summed E-state index contributed by atoms with van der Waals surface area (Å²) in [5.41, 5.74) is 0.637. The molecule has 1 aromatic carbocycles. The van der Waals surface area contributed by atoms with E-state index >= 15 is 0 Å². The highest BCUT2D eigenvalue weighted by Gasteiger charge is 2.46. The first kappa shape index (κ1) is 8.26. The summed E-state index contributed by atoms with van der Waals surface area (Å²) in [5.74, 6) is 0.801. The van der Waals surface area contributed by atoms with Crippen molar-refractivity contribution in [2.45, 2.75) is 18.1 Å². The van der Waals surface area contributed by atoms with Crippen LogP contribution >= 0.6 is 0 Å². The standard InChI is InChI=1S/C11H12O3/c12-9-5-11(6-13-7-11)14-10-4-2-1-3-8(9)10/h1-4,9,12H,5-7H2. The van der Waals surface area contributed by atoms with Crippen molar-refractivity contribution in [2.75, 3.05) is 13.2 Å². The second-order valence-corrected chi connectivity index (χ2v) is 4.04. The third-order valence-electron chi connectivity index (χ3n) is 2.90. The van der Waals surface area contributed by atoms with Gasteiger partial charge in [-0.1, -0.05) is 18.2 Å². The summed E-state index contributed by atoms with van der Waals surface area (Å²) in [6, 6.07) is 7.65. The number of para-hydroxylation sites is 1. The number of ether oxygens (including phenoxy) is 2. The van der Waals surface area contributed by atoms with Gasteiger partial charge < -0.3 is 14.6 Å². The largest absolute Gasteiger partial charge is 0.482 e. The lowest BCUT2D eigenvalue weighted by Crippen LogP contribution is -2.56. The van der Waals surface area contributed by atoms with Crippen molar-refractivity contribution in [3.05, 3.63) is 29.8 Å². The fourth-order valence-corrected chi connectivity index (χ4v) is 2.09. The number of aliphatic hydroxyl groups excluding tert-OH is 1. The van der Waals surface area contributed by atoms with Crippen LogP contribution in [0.2, 0.25) is 0 Å². The Kier molecular flexibility index (Phi) is 1.60. The maximum absolute atomic E-state index is 9.93. The van der Waals surface area contributed by atoms with Gasteiger partial charge in [-0.05, 0) is 6.07 Å². The highest BCUT2D eigenvalue weighted by molar-refractivity contribution is 5.38. The molecule has 1 N–H and O–H groups in total. The van der Waals surface area contributed by atoms with Crippen LogP contribution in [0, 0.1) is 0 Å².